The number of anilines is 6. The molecular formula is C80H46N2O5. The summed E-state index contributed by atoms with van der Waals surface area (Å²) in [5.41, 5.74) is 18.8. The van der Waals surface area contributed by atoms with Crippen LogP contribution in [0.3, 0.4) is 0 Å². The Balaban J connectivity index is 0.641. The van der Waals surface area contributed by atoms with Crippen molar-refractivity contribution in [2.75, 3.05) is 9.80 Å². The third-order valence-corrected chi connectivity index (χ3v) is 17.8. The van der Waals surface area contributed by atoms with Crippen LogP contribution in [0.1, 0.15) is 0 Å². The second-order valence-corrected chi connectivity index (χ2v) is 22.6. The molecule has 0 aliphatic rings. The van der Waals surface area contributed by atoms with Crippen molar-refractivity contribution in [2.45, 2.75) is 0 Å². The summed E-state index contributed by atoms with van der Waals surface area (Å²) < 4.78 is 33.3. The van der Waals surface area contributed by atoms with Gasteiger partial charge in [-0.2, -0.15) is 0 Å². The van der Waals surface area contributed by atoms with Gasteiger partial charge in [0.2, 0.25) is 0 Å². The van der Waals surface area contributed by atoms with Gasteiger partial charge in [-0.15, -0.1) is 0 Å². The van der Waals surface area contributed by atoms with Crippen molar-refractivity contribution >= 4 is 165 Å². The molecule has 7 heteroatoms. The Bertz CT molecular complexity index is 6010. The molecule has 0 aliphatic heterocycles. The maximum atomic E-state index is 6.87. The van der Waals surface area contributed by atoms with Crippen LogP contribution in [0.2, 0.25) is 0 Å². The highest BCUT2D eigenvalue weighted by atomic mass is 16.4. The molecule has 0 saturated heterocycles. The van der Waals surface area contributed by atoms with Gasteiger partial charge in [0.1, 0.15) is 55.8 Å². The third-order valence-electron chi connectivity index (χ3n) is 17.8. The van der Waals surface area contributed by atoms with Gasteiger partial charge >= 0.3 is 0 Å². The van der Waals surface area contributed by atoms with Gasteiger partial charge in [0.15, 0.2) is 0 Å². The molecule has 0 radical (unpaired) electrons. The molecule has 19 aromatic rings. The third kappa shape index (κ3) is 7.24. The fraction of sp³-hybridized carbons (Fsp3) is 0. The molecule has 0 atom stereocenters. The molecule has 0 bridgehead atoms. The fourth-order valence-electron chi connectivity index (χ4n) is 13.9. The standard InChI is InChI=1S/C80H46N2O5/c1-3-13-51(14-4-1)81(54-32-35-63-73(45-54)84-70-42-38-65-75-58-17-8-7-12-49(58)28-40-68(75)86-79(65)77(63)70)53-29-26-48(27-30-53)47-22-24-50(25-23-47)57-19-11-20-62-59(57)37-41-69-76(62)66-39-43-71-78(80(66)87-69)64-36-33-56(46-74(64)85-71)82(52-15-5-2-6-16-52)55-31-34-61-60-18-9-10-21-67(60)83-72(61)44-55/h1-46H. The quantitative estimate of drug-likeness (QED) is 0.150. The zero-order valence-electron chi connectivity index (χ0n) is 46.5. The topological polar surface area (TPSA) is 72.2 Å². The average molecular weight is 1120 g/mol. The van der Waals surface area contributed by atoms with Gasteiger partial charge in [0.05, 0.1) is 10.8 Å². The van der Waals surface area contributed by atoms with Crippen LogP contribution in [0.25, 0.3) is 153 Å². The minimum absolute atomic E-state index is 0.776. The molecule has 5 aromatic heterocycles. The van der Waals surface area contributed by atoms with Crippen molar-refractivity contribution in [3.05, 3.63) is 279 Å². The molecule has 0 N–H and O–H groups in total. The summed E-state index contributed by atoms with van der Waals surface area (Å²) in [5.74, 6) is 0. The van der Waals surface area contributed by atoms with Crippen LogP contribution < -0.4 is 9.80 Å². The van der Waals surface area contributed by atoms with Crippen LogP contribution in [-0.2, 0) is 0 Å². The van der Waals surface area contributed by atoms with E-state index in [1.807, 2.05) is 18.2 Å². The second-order valence-electron chi connectivity index (χ2n) is 22.6. The summed E-state index contributed by atoms with van der Waals surface area (Å²) in [6.45, 7) is 0. The van der Waals surface area contributed by atoms with Crippen molar-refractivity contribution < 1.29 is 22.1 Å². The normalized spacial score (nSPS) is 12.1. The molecule has 7 nitrogen and oxygen atoms in total. The van der Waals surface area contributed by atoms with E-state index in [9.17, 15) is 0 Å². The summed E-state index contributed by atoms with van der Waals surface area (Å²) in [7, 11) is 0. The van der Waals surface area contributed by atoms with Crippen LogP contribution >= 0.6 is 0 Å². The lowest BCUT2D eigenvalue weighted by atomic mass is 9.94. The maximum Gasteiger partial charge on any atom is 0.147 e. The van der Waals surface area contributed by atoms with Crippen molar-refractivity contribution in [1.82, 2.24) is 0 Å². The molecule has 14 aromatic carbocycles. The zero-order chi connectivity index (χ0) is 56.8. The van der Waals surface area contributed by atoms with E-state index < -0.39 is 0 Å². The van der Waals surface area contributed by atoms with E-state index in [1.54, 1.807) is 0 Å². The van der Waals surface area contributed by atoms with Crippen LogP contribution in [-0.4, -0.2) is 0 Å². The van der Waals surface area contributed by atoms with Crippen LogP contribution in [0, 0.1) is 0 Å². The number of fused-ring (bicyclic) bond motifs is 21. The van der Waals surface area contributed by atoms with Gasteiger partial charge in [0, 0.05) is 95.4 Å². The molecule has 0 saturated carbocycles. The molecule has 0 unspecified atom stereocenters. The minimum Gasteiger partial charge on any atom is -0.456 e. The number of rotatable bonds is 8. The number of furan rings is 5. The summed E-state index contributed by atoms with van der Waals surface area (Å²) in [6.07, 6.45) is 0. The lowest BCUT2D eigenvalue weighted by Crippen LogP contribution is -2.09. The van der Waals surface area contributed by atoms with Gasteiger partial charge in [0.25, 0.3) is 0 Å². The van der Waals surface area contributed by atoms with Crippen LogP contribution in [0.4, 0.5) is 34.1 Å². The largest absolute Gasteiger partial charge is 0.456 e. The Hall–Kier alpha value is -11.8. The number of hydrogen-bond donors (Lipinski definition) is 0. The van der Waals surface area contributed by atoms with E-state index in [2.05, 4.69) is 271 Å². The molecule has 5 heterocycles. The number of hydrogen-bond acceptors (Lipinski definition) is 7. The maximum absolute atomic E-state index is 6.87. The molecule has 0 fully saturated rings. The van der Waals surface area contributed by atoms with E-state index in [4.69, 9.17) is 22.1 Å². The van der Waals surface area contributed by atoms with Crippen molar-refractivity contribution in [3.8, 4) is 22.3 Å². The van der Waals surface area contributed by atoms with E-state index in [0.29, 0.717) is 0 Å². The highest BCUT2D eigenvalue weighted by Crippen LogP contribution is 2.48. The summed E-state index contributed by atoms with van der Waals surface area (Å²) in [4.78, 5) is 4.53. The van der Waals surface area contributed by atoms with Crippen molar-refractivity contribution in [2.24, 2.45) is 0 Å². The minimum atomic E-state index is 0.776. The Morgan fingerprint density at radius 3 is 1.22 bits per heavy atom. The first-order chi connectivity index (χ1) is 43.1. The van der Waals surface area contributed by atoms with E-state index in [-0.39, 0.29) is 0 Å². The Morgan fingerprint density at radius 2 is 0.598 bits per heavy atom. The molecule has 406 valence electrons. The van der Waals surface area contributed by atoms with E-state index >= 15 is 0 Å². The molecule has 87 heavy (non-hydrogen) atoms. The Kier molecular flexibility index (Phi) is 10.1. The van der Waals surface area contributed by atoms with Gasteiger partial charge in [-0.3, -0.25) is 0 Å². The van der Waals surface area contributed by atoms with Gasteiger partial charge in [-0.25, -0.2) is 0 Å². The lowest BCUT2D eigenvalue weighted by molar-refractivity contribution is 0.662. The smallest absolute Gasteiger partial charge is 0.147 e. The zero-order valence-corrected chi connectivity index (χ0v) is 46.5. The average Bonchev–Trinajstić information content (AvgIpc) is 2.77. The predicted molar refractivity (Wildman–Crippen MR) is 358 cm³/mol. The monoisotopic (exact) mass is 1110 g/mol. The molecule has 0 spiro atoms. The highest BCUT2D eigenvalue weighted by molar-refractivity contribution is 6.29. The van der Waals surface area contributed by atoms with Gasteiger partial charge in [-0.05, 0) is 159 Å². The van der Waals surface area contributed by atoms with Gasteiger partial charge in [-0.1, -0.05) is 146 Å². The summed E-state index contributed by atoms with van der Waals surface area (Å²) >= 11 is 0. The van der Waals surface area contributed by atoms with Crippen LogP contribution in [0.15, 0.2) is 301 Å². The SMILES string of the molecule is c1ccc(N(c2ccc(-c3ccc(-c4cccc5c4ccc4oc6c(ccc7oc8cc(N(c9ccccc9)c9ccc%10c(c9)oc9ccccc9%10)ccc8c76)c45)cc3)cc2)c2ccc3c(c2)oc2ccc4c(oc5ccc6ccccc6c54)c23)cc1. The Morgan fingerprint density at radius 1 is 0.195 bits per heavy atom. The Labute approximate surface area is 495 Å². The summed E-state index contributed by atoms with van der Waals surface area (Å²) in [5, 5.41) is 15.2. The first kappa shape index (κ1) is 47.7. The number of nitrogens with zero attached hydrogens (tertiary/aromatic N) is 2. The number of benzene rings is 14. The number of para-hydroxylation sites is 3. The highest BCUT2D eigenvalue weighted by Gasteiger charge is 2.24. The van der Waals surface area contributed by atoms with Crippen LogP contribution in [0.5, 0.6) is 0 Å². The molecule has 0 aliphatic carbocycles. The second kappa shape index (κ2) is 18.3. The lowest BCUT2D eigenvalue weighted by Gasteiger charge is -2.25. The van der Waals surface area contributed by atoms with Crippen molar-refractivity contribution in [3.63, 3.8) is 0 Å². The first-order valence-corrected chi connectivity index (χ1v) is 29.4. The summed E-state index contributed by atoms with van der Waals surface area (Å²) in [6, 6.07) is 98.3. The fourth-order valence-corrected chi connectivity index (χ4v) is 13.9. The first-order valence-electron chi connectivity index (χ1n) is 29.4. The molecular weight excluding hydrogens is 1070 g/mol. The predicted octanol–water partition coefficient (Wildman–Crippen LogP) is 23.8. The van der Waals surface area contributed by atoms with Crippen molar-refractivity contribution in [1.29, 1.82) is 0 Å². The van der Waals surface area contributed by atoms with E-state index in [1.165, 1.54) is 10.8 Å². The van der Waals surface area contributed by atoms with Gasteiger partial charge < -0.3 is 31.9 Å². The molecule has 19 rings (SSSR count). The van der Waals surface area contributed by atoms with E-state index in [0.717, 1.165) is 177 Å². The molecule has 0 amide bonds.